The Morgan fingerprint density at radius 1 is 0.920 bits per heavy atom. The van der Waals surface area contributed by atoms with Gasteiger partial charge in [-0.25, -0.2) is 22.0 Å². The van der Waals surface area contributed by atoms with Gasteiger partial charge in [0.2, 0.25) is 11.8 Å². The Hall–Kier alpha value is -2.97. The van der Waals surface area contributed by atoms with Crippen LogP contribution in [-0.4, -0.2) is 18.4 Å². The molecule has 0 spiro atoms. The molecule has 0 unspecified atom stereocenters. The summed E-state index contributed by atoms with van der Waals surface area (Å²) in [6, 6.07) is 3.98. The Morgan fingerprint density at radius 3 is 2.16 bits per heavy atom. The molecule has 0 fully saturated rings. The lowest BCUT2D eigenvalue weighted by Gasteiger charge is -2.21. The van der Waals surface area contributed by atoms with E-state index in [0.29, 0.717) is 12.1 Å². The van der Waals surface area contributed by atoms with Crippen molar-refractivity contribution in [1.29, 1.82) is 0 Å². The first kappa shape index (κ1) is 18.4. The minimum atomic E-state index is -1.76. The van der Waals surface area contributed by atoms with E-state index in [2.05, 4.69) is 0 Å². The summed E-state index contributed by atoms with van der Waals surface area (Å²) in [6.07, 6.45) is 0. The van der Waals surface area contributed by atoms with Crippen LogP contribution in [0.15, 0.2) is 30.3 Å². The number of carbonyl (C=O) groups excluding carboxylic acids is 2. The second-order valence-electron chi connectivity index (χ2n) is 4.97. The van der Waals surface area contributed by atoms with Gasteiger partial charge < -0.3 is 10.2 Å². The largest absolute Gasteiger partial charge is 0.322 e. The molecule has 2 aromatic rings. The molecular formula is C16H11F5N2O2. The first-order valence-electron chi connectivity index (χ1n) is 6.87. The van der Waals surface area contributed by atoms with E-state index in [1.54, 1.807) is 0 Å². The molecule has 4 nitrogen and oxygen atoms in total. The van der Waals surface area contributed by atoms with Crippen LogP contribution in [0.4, 0.5) is 33.3 Å². The van der Waals surface area contributed by atoms with Gasteiger partial charge in [-0.1, -0.05) is 0 Å². The fourth-order valence-corrected chi connectivity index (χ4v) is 1.99. The van der Waals surface area contributed by atoms with Crippen molar-refractivity contribution in [2.45, 2.75) is 6.92 Å². The highest BCUT2D eigenvalue weighted by atomic mass is 19.2. The number of nitrogens with one attached hydrogen (secondary N) is 1. The molecule has 0 bridgehead atoms. The maximum atomic E-state index is 13.5. The highest BCUT2D eigenvalue weighted by Gasteiger charge is 2.20. The summed E-state index contributed by atoms with van der Waals surface area (Å²) in [4.78, 5) is 24.4. The van der Waals surface area contributed by atoms with E-state index in [0.717, 1.165) is 30.0 Å². The van der Waals surface area contributed by atoms with E-state index >= 15 is 0 Å². The summed E-state index contributed by atoms with van der Waals surface area (Å²) >= 11 is 0. The molecule has 0 aliphatic rings. The van der Waals surface area contributed by atoms with Crippen LogP contribution in [0.2, 0.25) is 0 Å². The van der Waals surface area contributed by atoms with Gasteiger partial charge in [-0.3, -0.25) is 9.59 Å². The second-order valence-corrected chi connectivity index (χ2v) is 4.97. The lowest BCUT2D eigenvalue weighted by molar-refractivity contribution is -0.120. The Labute approximate surface area is 138 Å². The van der Waals surface area contributed by atoms with Crippen molar-refractivity contribution in [3.05, 3.63) is 59.4 Å². The average molecular weight is 358 g/mol. The van der Waals surface area contributed by atoms with Gasteiger partial charge in [0.05, 0.1) is 5.69 Å². The van der Waals surface area contributed by atoms with Crippen LogP contribution in [0.1, 0.15) is 6.92 Å². The Bertz CT molecular complexity index is 842. The number of rotatable bonds is 4. The standard InChI is InChI=1S/C16H11F5N2O2/c1-8(24)23(9-2-3-10(17)12(19)6-9)7-14(25)22-13-5-4-11(18)15(20)16(13)21/h2-6H,7H2,1H3,(H,22,25). The quantitative estimate of drug-likeness (QED) is 0.673. The molecule has 1 N–H and O–H groups in total. The third-order valence-corrected chi connectivity index (χ3v) is 3.21. The zero-order valence-corrected chi connectivity index (χ0v) is 12.7. The number of anilines is 2. The van der Waals surface area contributed by atoms with E-state index in [1.165, 1.54) is 0 Å². The number of nitrogens with zero attached hydrogens (tertiary/aromatic N) is 1. The molecule has 2 rings (SSSR count). The molecule has 0 atom stereocenters. The molecule has 0 aliphatic carbocycles. The van der Waals surface area contributed by atoms with Gasteiger partial charge in [-0.15, -0.1) is 0 Å². The summed E-state index contributed by atoms with van der Waals surface area (Å²) in [7, 11) is 0. The zero-order chi connectivity index (χ0) is 18.7. The van der Waals surface area contributed by atoms with Gasteiger partial charge in [0.1, 0.15) is 6.54 Å². The van der Waals surface area contributed by atoms with Gasteiger partial charge in [0.25, 0.3) is 0 Å². The fourth-order valence-electron chi connectivity index (χ4n) is 1.99. The highest BCUT2D eigenvalue weighted by molar-refractivity contribution is 6.01. The predicted molar refractivity (Wildman–Crippen MR) is 79.3 cm³/mol. The maximum Gasteiger partial charge on any atom is 0.244 e. The summed E-state index contributed by atoms with van der Waals surface area (Å²) in [5.74, 6) is -8.78. The number of halogens is 5. The molecular weight excluding hydrogens is 347 g/mol. The smallest absolute Gasteiger partial charge is 0.244 e. The van der Waals surface area contributed by atoms with E-state index in [9.17, 15) is 31.5 Å². The van der Waals surface area contributed by atoms with E-state index < -0.39 is 53.1 Å². The minimum Gasteiger partial charge on any atom is -0.322 e. The molecule has 0 saturated carbocycles. The van der Waals surface area contributed by atoms with Gasteiger partial charge in [-0.05, 0) is 24.3 Å². The Morgan fingerprint density at radius 2 is 1.56 bits per heavy atom. The topological polar surface area (TPSA) is 49.4 Å². The van der Waals surface area contributed by atoms with Gasteiger partial charge >= 0.3 is 0 Å². The molecule has 25 heavy (non-hydrogen) atoms. The zero-order valence-electron chi connectivity index (χ0n) is 12.7. The fraction of sp³-hybridized carbons (Fsp3) is 0.125. The lowest BCUT2D eigenvalue weighted by atomic mass is 10.2. The first-order valence-corrected chi connectivity index (χ1v) is 6.87. The van der Waals surface area contributed by atoms with Crippen molar-refractivity contribution in [3.8, 4) is 0 Å². The van der Waals surface area contributed by atoms with Crippen molar-refractivity contribution >= 4 is 23.2 Å². The second kappa shape index (κ2) is 7.29. The molecule has 0 aliphatic heterocycles. The molecule has 0 radical (unpaired) electrons. The SMILES string of the molecule is CC(=O)N(CC(=O)Nc1ccc(F)c(F)c1F)c1ccc(F)c(F)c1. The Kier molecular flexibility index (Phi) is 5.35. The van der Waals surface area contributed by atoms with Crippen LogP contribution in [-0.2, 0) is 9.59 Å². The number of amides is 2. The van der Waals surface area contributed by atoms with Crippen molar-refractivity contribution in [1.82, 2.24) is 0 Å². The number of hydrogen-bond acceptors (Lipinski definition) is 2. The van der Waals surface area contributed by atoms with Gasteiger partial charge in [-0.2, -0.15) is 0 Å². The van der Waals surface area contributed by atoms with Crippen molar-refractivity contribution < 1.29 is 31.5 Å². The van der Waals surface area contributed by atoms with Crippen LogP contribution in [0.3, 0.4) is 0 Å². The highest BCUT2D eigenvalue weighted by Crippen LogP contribution is 2.21. The predicted octanol–water partition coefficient (Wildman–Crippen LogP) is 3.37. The summed E-state index contributed by atoms with van der Waals surface area (Å²) in [5.41, 5.74) is -0.731. The van der Waals surface area contributed by atoms with E-state index in [1.807, 2.05) is 5.32 Å². The van der Waals surface area contributed by atoms with Crippen LogP contribution in [0.25, 0.3) is 0 Å². The monoisotopic (exact) mass is 358 g/mol. The third-order valence-electron chi connectivity index (χ3n) is 3.21. The summed E-state index contributed by atoms with van der Waals surface area (Å²) in [5, 5.41) is 1.98. The summed E-state index contributed by atoms with van der Waals surface area (Å²) in [6.45, 7) is 0.394. The molecule has 2 aromatic carbocycles. The van der Waals surface area contributed by atoms with E-state index in [-0.39, 0.29) is 5.69 Å². The number of hydrogen-bond donors (Lipinski definition) is 1. The molecule has 0 heterocycles. The van der Waals surface area contributed by atoms with Crippen LogP contribution < -0.4 is 10.2 Å². The van der Waals surface area contributed by atoms with Gasteiger partial charge in [0, 0.05) is 18.7 Å². The average Bonchev–Trinajstić information content (AvgIpc) is 2.55. The molecule has 9 heteroatoms. The minimum absolute atomic E-state index is 0.104. The van der Waals surface area contributed by atoms with Gasteiger partial charge in [0.15, 0.2) is 29.1 Å². The lowest BCUT2D eigenvalue weighted by Crippen LogP contribution is -2.37. The maximum absolute atomic E-state index is 13.5. The molecule has 0 saturated heterocycles. The molecule has 0 aromatic heterocycles. The number of carbonyl (C=O) groups is 2. The van der Waals surface area contributed by atoms with Crippen molar-refractivity contribution in [3.63, 3.8) is 0 Å². The first-order chi connectivity index (χ1) is 11.7. The van der Waals surface area contributed by atoms with Crippen LogP contribution in [0, 0.1) is 29.1 Å². The number of benzene rings is 2. The third kappa shape index (κ3) is 4.11. The van der Waals surface area contributed by atoms with Crippen molar-refractivity contribution in [2.75, 3.05) is 16.8 Å². The van der Waals surface area contributed by atoms with Crippen LogP contribution in [0.5, 0.6) is 0 Å². The molecule has 132 valence electrons. The van der Waals surface area contributed by atoms with E-state index in [4.69, 9.17) is 0 Å². The normalized spacial score (nSPS) is 10.5. The van der Waals surface area contributed by atoms with Crippen LogP contribution >= 0.6 is 0 Å². The Balaban J connectivity index is 2.20. The molecule has 2 amide bonds. The summed E-state index contributed by atoms with van der Waals surface area (Å²) < 4.78 is 65.8. The van der Waals surface area contributed by atoms with Crippen molar-refractivity contribution in [2.24, 2.45) is 0 Å².